The van der Waals surface area contributed by atoms with E-state index in [-0.39, 0.29) is 0 Å². The highest BCUT2D eigenvalue weighted by atomic mass is 35.5. The number of anilines is 1. The van der Waals surface area contributed by atoms with Crippen LogP contribution in [0.5, 0.6) is 0 Å². The molecule has 2 heterocycles. The molecule has 0 aromatic carbocycles. The maximum absolute atomic E-state index is 5.77. The quantitative estimate of drug-likeness (QED) is 0.567. The lowest BCUT2D eigenvalue weighted by molar-refractivity contribution is -0.494. The average Bonchev–Trinajstić information content (AvgIpc) is 2.34. The zero-order valence-corrected chi connectivity index (χ0v) is 6.47. The monoisotopic (exact) mass is 168 g/mol. The lowest BCUT2D eigenvalue weighted by Crippen LogP contribution is -2.23. The Morgan fingerprint density at radius 1 is 1.45 bits per heavy atom. The fourth-order valence-corrected chi connectivity index (χ4v) is 1.29. The van der Waals surface area contributed by atoms with Crippen molar-refractivity contribution in [2.24, 2.45) is 0 Å². The zero-order chi connectivity index (χ0) is 7.84. The first-order valence-corrected chi connectivity index (χ1v) is 3.58. The van der Waals surface area contributed by atoms with Crippen LogP contribution in [0.2, 0.25) is 5.02 Å². The number of pyridine rings is 1. The van der Waals surface area contributed by atoms with Crippen LogP contribution in [0.15, 0.2) is 24.7 Å². The van der Waals surface area contributed by atoms with E-state index in [1.54, 1.807) is 12.4 Å². The number of rotatable bonds is 0. The Kier molecular flexibility index (Phi) is 1.26. The molecule has 0 aliphatic rings. The van der Waals surface area contributed by atoms with E-state index in [9.17, 15) is 0 Å². The number of nitrogens with two attached hydrogens (primary N) is 1. The van der Waals surface area contributed by atoms with Crippen LogP contribution in [0.3, 0.4) is 0 Å². The molecule has 4 heteroatoms. The number of hydrogen-bond donors (Lipinski definition) is 2. The fourth-order valence-electron chi connectivity index (χ4n) is 1.07. The molecule has 0 saturated carbocycles. The number of imidazole rings is 1. The Morgan fingerprint density at radius 2 is 2.27 bits per heavy atom. The Bertz CT molecular complexity index is 393. The summed E-state index contributed by atoms with van der Waals surface area (Å²) in [5, 5.41) is 0.655. The van der Waals surface area contributed by atoms with Crippen molar-refractivity contribution >= 4 is 22.9 Å². The highest BCUT2D eigenvalue weighted by molar-refractivity contribution is 6.31. The molecule has 11 heavy (non-hydrogen) atoms. The Hall–Kier alpha value is -1.22. The standard InChI is InChI=1S/C7H6ClN3/c8-5-1-6-3-10-4-11(6)7(9)2-5/h1-4H,9H2/p+1. The van der Waals surface area contributed by atoms with E-state index in [1.807, 2.05) is 16.7 Å². The summed E-state index contributed by atoms with van der Waals surface area (Å²) in [6.45, 7) is 0. The van der Waals surface area contributed by atoms with Crippen LogP contribution in [-0.4, -0.2) is 4.98 Å². The molecule has 0 spiro atoms. The molecule has 56 valence electrons. The van der Waals surface area contributed by atoms with E-state index in [1.165, 1.54) is 0 Å². The molecule has 0 amide bonds. The Balaban J connectivity index is 2.91. The van der Waals surface area contributed by atoms with E-state index in [0.717, 1.165) is 5.52 Å². The molecule has 0 aliphatic carbocycles. The molecule has 2 rings (SSSR count). The van der Waals surface area contributed by atoms with Crippen LogP contribution < -0.4 is 10.1 Å². The molecule has 0 atom stereocenters. The number of hydrogen-bond acceptors (Lipinski definition) is 1. The first-order chi connectivity index (χ1) is 5.27. The van der Waals surface area contributed by atoms with Gasteiger partial charge < -0.3 is 5.73 Å². The summed E-state index contributed by atoms with van der Waals surface area (Å²) in [5.41, 5.74) is 6.63. The molecular formula is C7H7ClN3+. The second-order valence-corrected chi connectivity index (χ2v) is 2.77. The van der Waals surface area contributed by atoms with Crippen molar-refractivity contribution in [1.82, 2.24) is 4.98 Å². The molecule has 3 nitrogen and oxygen atoms in total. The van der Waals surface area contributed by atoms with E-state index < -0.39 is 0 Å². The molecule has 2 aromatic rings. The summed E-state index contributed by atoms with van der Waals surface area (Å²) >= 11 is 5.77. The molecule has 0 bridgehead atoms. The van der Waals surface area contributed by atoms with Gasteiger partial charge in [0.25, 0.3) is 0 Å². The van der Waals surface area contributed by atoms with Crippen LogP contribution in [0.4, 0.5) is 5.82 Å². The molecule has 0 fully saturated rings. The minimum absolute atomic E-state index is 0.633. The first kappa shape index (κ1) is 6.49. The van der Waals surface area contributed by atoms with Crippen molar-refractivity contribution in [3.63, 3.8) is 0 Å². The molecule has 0 unspecified atom stereocenters. The van der Waals surface area contributed by atoms with Crippen LogP contribution in [0.25, 0.3) is 5.52 Å². The van der Waals surface area contributed by atoms with Gasteiger partial charge in [-0.05, 0) is 6.07 Å². The molecule has 0 radical (unpaired) electrons. The smallest absolute Gasteiger partial charge is 0.225 e. The van der Waals surface area contributed by atoms with Gasteiger partial charge in [0.05, 0.1) is 11.2 Å². The predicted octanol–water partition coefficient (Wildman–Crippen LogP) is 0.989. The highest BCUT2D eigenvalue weighted by Gasteiger charge is 2.03. The summed E-state index contributed by atoms with van der Waals surface area (Å²) in [5.74, 6) is 0.633. The molecule has 0 aliphatic heterocycles. The normalized spacial score (nSPS) is 10.6. The number of aromatic amines is 1. The third-order valence-electron chi connectivity index (χ3n) is 1.56. The van der Waals surface area contributed by atoms with Crippen molar-refractivity contribution in [3.8, 4) is 0 Å². The third kappa shape index (κ3) is 0.935. The van der Waals surface area contributed by atoms with Crippen molar-refractivity contribution in [2.75, 3.05) is 5.73 Å². The van der Waals surface area contributed by atoms with Crippen LogP contribution >= 0.6 is 11.6 Å². The van der Waals surface area contributed by atoms with E-state index in [4.69, 9.17) is 17.3 Å². The summed E-state index contributed by atoms with van der Waals surface area (Å²) in [6.07, 6.45) is 3.61. The SMILES string of the molecule is Nc1cc(Cl)cc2c[nH]c[n+]12. The average molecular weight is 169 g/mol. The summed E-state index contributed by atoms with van der Waals surface area (Å²) in [6, 6.07) is 3.55. The maximum atomic E-state index is 5.77. The number of nitrogens with one attached hydrogen (secondary N) is 1. The number of fused-ring (bicyclic) bond motifs is 1. The van der Waals surface area contributed by atoms with E-state index in [0.29, 0.717) is 10.8 Å². The van der Waals surface area contributed by atoms with Gasteiger partial charge >= 0.3 is 0 Å². The molecule has 3 N–H and O–H groups in total. The summed E-state index contributed by atoms with van der Waals surface area (Å²) in [4.78, 5) is 2.93. The highest BCUT2D eigenvalue weighted by Crippen LogP contribution is 2.11. The van der Waals surface area contributed by atoms with Gasteiger partial charge in [-0.15, -0.1) is 0 Å². The number of H-pyrrole nitrogens is 1. The van der Waals surface area contributed by atoms with Gasteiger partial charge in [0.2, 0.25) is 5.82 Å². The maximum Gasteiger partial charge on any atom is 0.225 e. The topological polar surface area (TPSA) is 45.9 Å². The Morgan fingerprint density at radius 3 is 3.09 bits per heavy atom. The van der Waals surface area contributed by atoms with Gasteiger partial charge in [-0.25, -0.2) is 4.40 Å². The minimum Gasteiger partial charge on any atom is -0.318 e. The van der Waals surface area contributed by atoms with Crippen LogP contribution in [-0.2, 0) is 0 Å². The predicted molar refractivity (Wildman–Crippen MR) is 43.4 cm³/mol. The van der Waals surface area contributed by atoms with Gasteiger partial charge in [-0.2, -0.15) is 0 Å². The molecule has 2 aromatic heterocycles. The largest absolute Gasteiger partial charge is 0.318 e. The summed E-state index contributed by atoms with van der Waals surface area (Å²) < 4.78 is 1.83. The van der Waals surface area contributed by atoms with E-state index >= 15 is 0 Å². The van der Waals surface area contributed by atoms with E-state index in [2.05, 4.69) is 4.98 Å². The molecular weight excluding hydrogens is 162 g/mol. The van der Waals surface area contributed by atoms with Gasteiger partial charge in [-0.3, -0.25) is 4.98 Å². The Labute approximate surface area is 68.4 Å². The van der Waals surface area contributed by atoms with Crippen LogP contribution in [0.1, 0.15) is 0 Å². The second kappa shape index (κ2) is 2.13. The number of aromatic nitrogens is 2. The first-order valence-electron chi connectivity index (χ1n) is 3.20. The second-order valence-electron chi connectivity index (χ2n) is 2.33. The van der Waals surface area contributed by atoms with Crippen molar-refractivity contribution in [1.29, 1.82) is 0 Å². The van der Waals surface area contributed by atoms with Gasteiger partial charge in [-0.1, -0.05) is 11.6 Å². The zero-order valence-electron chi connectivity index (χ0n) is 5.71. The van der Waals surface area contributed by atoms with Gasteiger partial charge in [0.15, 0.2) is 6.33 Å². The van der Waals surface area contributed by atoms with Crippen molar-refractivity contribution in [3.05, 3.63) is 29.7 Å². The van der Waals surface area contributed by atoms with Crippen LogP contribution in [0, 0.1) is 0 Å². The minimum atomic E-state index is 0.633. The lowest BCUT2D eigenvalue weighted by atomic mass is 10.4. The number of halogens is 1. The van der Waals surface area contributed by atoms with Gasteiger partial charge in [0.1, 0.15) is 5.52 Å². The summed E-state index contributed by atoms with van der Waals surface area (Å²) in [7, 11) is 0. The van der Waals surface area contributed by atoms with Crippen molar-refractivity contribution in [2.45, 2.75) is 0 Å². The third-order valence-corrected chi connectivity index (χ3v) is 1.78. The molecule has 0 saturated heterocycles. The lowest BCUT2D eigenvalue weighted by Gasteiger charge is -1.92. The van der Waals surface area contributed by atoms with Gasteiger partial charge in [0, 0.05) is 6.07 Å². The van der Waals surface area contributed by atoms with Crippen molar-refractivity contribution < 1.29 is 4.40 Å². The number of nitrogen functional groups attached to an aromatic ring is 1. The fraction of sp³-hybridized carbons (Fsp3) is 0. The number of nitrogens with zero attached hydrogens (tertiary/aromatic N) is 1.